The number of nitrogens with two attached hydrogens (primary N) is 1. The van der Waals surface area contributed by atoms with Crippen LogP contribution in [0.4, 0.5) is 0 Å². The number of piperidine rings is 1. The Morgan fingerprint density at radius 2 is 1.84 bits per heavy atom. The molecular formula is C24H24N5O3. The number of amides is 2. The van der Waals surface area contributed by atoms with Gasteiger partial charge in [-0.25, -0.2) is 4.79 Å². The highest BCUT2D eigenvalue weighted by molar-refractivity contribution is 5.92. The summed E-state index contributed by atoms with van der Waals surface area (Å²) in [5.74, 6) is -0.778. The third kappa shape index (κ3) is 3.47. The van der Waals surface area contributed by atoms with Gasteiger partial charge in [0, 0.05) is 29.7 Å². The maximum Gasteiger partial charge on any atom is 0.326 e. The molecule has 0 bridgehead atoms. The molecule has 2 atom stereocenters. The lowest BCUT2D eigenvalue weighted by molar-refractivity contribution is -0.139. The summed E-state index contributed by atoms with van der Waals surface area (Å²) in [4.78, 5) is 45.4. The van der Waals surface area contributed by atoms with Gasteiger partial charge < -0.3 is 20.6 Å². The molecule has 1 radical (unpaired) electrons. The molecule has 0 aliphatic carbocycles. The zero-order valence-corrected chi connectivity index (χ0v) is 17.5. The van der Waals surface area contributed by atoms with Gasteiger partial charge in [-0.2, -0.15) is 0 Å². The van der Waals surface area contributed by atoms with Gasteiger partial charge in [0.05, 0.1) is 17.5 Å². The molecule has 4 N–H and O–H groups in total. The average Bonchev–Trinajstić information content (AvgIpc) is 3.37. The van der Waals surface area contributed by atoms with Gasteiger partial charge in [-0.05, 0) is 43.0 Å². The summed E-state index contributed by atoms with van der Waals surface area (Å²) in [5.41, 5.74) is 9.03. The van der Waals surface area contributed by atoms with E-state index in [9.17, 15) is 14.4 Å². The van der Waals surface area contributed by atoms with E-state index in [1.807, 2.05) is 54.7 Å². The van der Waals surface area contributed by atoms with Gasteiger partial charge in [0.25, 0.3) is 0 Å². The van der Waals surface area contributed by atoms with Crippen molar-refractivity contribution in [3.8, 4) is 0 Å². The zero-order valence-electron chi connectivity index (χ0n) is 17.5. The number of H-pyrrole nitrogens is 2. The first-order valence-electron chi connectivity index (χ1n) is 10.7. The first-order valence-corrected chi connectivity index (χ1v) is 10.7. The van der Waals surface area contributed by atoms with Crippen molar-refractivity contribution < 1.29 is 9.59 Å². The van der Waals surface area contributed by atoms with Crippen molar-refractivity contribution in [2.45, 2.75) is 31.3 Å². The topological polar surface area (TPSA) is 117 Å². The molecule has 2 unspecified atom stereocenters. The molecule has 3 heterocycles. The number of benzene rings is 2. The van der Waals surface area contributed by atoms with Gasteiger partial charge in [0.1, 0.15) is 6.04 Å². The van der Waals surface area contributed by atoms with Gasteiger partial charge in [-0.15, -0.1) is 0 Å². The Hall–Kier alpha value is -3.81. The normalized spacial score (nSPS) is 18.9. The lowest BCUT2D eigenvalue weighted by Crippen LogP contribution is -2.53. The molecule has 0 spiro atoms. The number of fused-ring (bicyclic) bond motifs is 2. The summed E-state index contributed by atoms with van der Waals surface area (Å²) in [7, 11) is 0. The second kappa shape index (κ2) is 8.03. The van der Waals surface area contributed by atoms with Crippen LogP contribution in [0.1, 0.15) is 24.4 Å². The number of imidazole rings is 1. The predicted octanol–water partition coefficient (Wildman–Crippen LogP) is 2.28. The van der Waals surface area contributed by atoms with Crippen molar-refractivity contribution in [2.24, 2.45) is 5.73 Å². The van der Waals surface area contributed by atoms with E-state index in [0.29, 0.717) is 25.8 Å². The lowest BCUT2D eigenvalue weighted by Gasteiger charge is -2.38. The molecule has 2 aromatic carbocycles. The van der Waals surface area contributed by atoms with E-state index < -0.39 is 11.9 Å². The van der Waals surface area contributed by atoms with Crippen LogP contribution in [-0.2, 0) is 16.0 Å². The van der Waals surface area contributed by atoms with E-state index >= 15 is 0 Å². The maximum absolute atomic E-state index is 13.0. The minimum Gasteiger partial charge on any atom is -0.368 e. The molecule has 1 aliphatic rings. The number of nitrogens with one attached hydrogen (secondary N) is 2. The average molecular weight is 430 g/mol. The minimum absolute atomic E-state index is 0.214. The first kappa shape index (κ1) is 20.1. The van der Waals surface area contributed by atoms with Gasteiger partial charge in [-0.3, -0.25) is 14.2 Å². The van der Waals surface area contributed by atoms with Crippen molar-refractivity contribution in [1.82, 2.24) is 19.4 Å². The van der Waals surface area contributed by atoms with Crippen LogP contribution in [0.25, 0.3) is 21.9 Å². The number of hydrogen-bond acceptors (Lipinski definition) is 3. The van der Waals surface area contributed by atoms with E-state index in [2.05, 4.69) is 9.97 Å². The van der Waals surface area contributed by atoms with Gasteiger partial charge in [-0.1, -0.05) is 30.3 Å². The fourth-order valence-electron chi connectivity index (χ4n) is 4.77. The van der Waals surface area contributed by atoms with Gasteiger partial charge >= 0.3 is 5.69 Å². The Morgan fingerprint density at radius 3 is 2.66 bits per heavy atom. The Balaban J connectivity index is 1.33. The molecule has 5 rings (SSSR count). The van der Waals surface area contributed by atoms with Crippen molar-refractivity contribution in [3.05, 3.63) is 77.2 Å². The fraction of sp³-hybridized carbons (Fsp3) is 0.250. The molecule has 1 saturated heterocycles. The SMILES string of the molecule is NC(=O)C1CC(n2c(=O)[nH]c3ccccc32)CCN1C(=O)[CH]Cc1c[nH]c2ccccc12. The summed E-state index contributed by atoms with van der Waals surface area (Å²) in [6, 6.07) is 14.4. The van der Waals surface area contributed by atoms with E-state index in [0.717, 1.165) is 27.5 Å². The second-order valence-electron chi connectivity index (χ2n) is 8.21. The summed E-state index contributed by atoms with van der Waals surface area (Å²) < 4.78 is 1.68. The Morgan fingerprint density at radius 1 is 1.09 bits per heavy atom. The Labute approximate surface area is 184 Å². The number of primary amides is 1. The van der Waals surface area contributed by atoms with Crippen LogP contribution < -0.4 is 11.4 Å². The molecule has 1 aliphatic heterocycles. The molecule has 2 aromatic heterocycles. The molecular weight excluding hydrogens is 406 g/mol. The van der Waals surface area contributed by atoms with Crippen molar-refractivity contribution in [2.75, 3.05) is 6.54 Å². The van der Waals surface area contributed by atoms with Crippen molar-refractivity contribution in [3.63, 3.8) is 0 Å². The van der Waals surface area contributed by atoms with E-state index in [4.69, 9.17) is 5.73 Å². The smallest absolute Gasteiger partial charge is 0.326 e. The van der Waals surface area contributed by atoms with Crippen LogP contribution in [0, 0.1) is 6.42 Å². The maximum atomic E-state index is 13.0. The molecule has 32 heavy (non-hydrogen) atoms. The summed E-state index contributed by atoms with van der Waals surface area (Å²) in [6.07, 6.45) is 4.83. The van der Waals surface area contributed by atoms with E-state index in [1.165, 1.54) is 4.90 Å². The summed E-state index contributed by atoms with van der Waals surface area (Å²) in [5, 5.41) is 1.07. The standard InChI is InChI=1S/C24H24N5O3/c25-23(31)21-13-16(29-20-8-4-3-7-19(20)27-24(29)32)11-12-28(21)22(30)10-9-15-14-26-18-6-2-1-5-17(15)18/h1-8,10,14,16,21,26H,9,11-13H2,(H2,25,31)(H,27,32). The number of carbonyl (C=O) groups excluding carboxylic acids is 2. The Kier molecular flexibility index (Phi) is 5.05. The number of likely N-dealkylation sites (tertiary alicyclic amines) is 1. The summed E-state index contributed by atoms with van der Waals surface area (Å²) >= 11 is 0. The molecule has 163 valence electrons. The third-order valence-corrected chi connectivity index (χ3v) is 6.35. The van der Waals surface area contributed by atoms with Gasteiger partial charge in [0.2, 0.25) is 11.8 Å². The van der Waals surface area contributed by atoms with E-state index in [-0.39, 0.29) is 17.6 Å². The van der Waals surface area contributed by atoms with Crippen molar-refractivity contribution in [1.29, 1.82) is 0 Å². The monoisotopic (exact) mass is 430 g/mol. The van der Waals surface area contributed by atoms with Crippen LogP contribution >= 0.6 is 0 Å². The van der Waals surface area contributed by atoms with Crippen LogP contribution in [0.3, 0.4) is 0 Å². The quantitative estimate of drug-likeness (QED) is 0.451. The molecule has 2 amide bonds. The predicted molar refractivity (Wildman–Crippen MR) is 122 cm³/mol. The largest absolute Gasteiger partial charge is 0.368 e. The lowest BCUT2D eigenvalue weighted by atomic mass is 9.95. The Bertz CT molecular complexity index is 1360. The number of carbonyl (C=O) groups is 2. The van der Waals surface area contributed by atoms with Crippen LogP contribution in [0.5, 0.6) is 0 Å². The minimum atomic E-state index is -0.763. The number of hydrogen-bond donors (Lipinski definition) is 3. The number of aromatic nitrogens is 3. The van der Waals surface area contributed by atoms with Crippen molar-refractivity contribution >= 4 is 33.8 Å². The number of para-hydroxylation sites is 3. The number of rotatable bonds is 5. The fourth-order valence-corrected chi connectivity index (χ4v) is 4.77. The van der Waals surface area contributed by atoms with Gasteiger partial charge in [0.15, 0.2) is 0 Å². The molecule has 8 nitrogen and oxygen atoms in total. The molecule has 1 fully saturated rings. The number of aromatic amines is 2. The third-order valence-electron chi connectivity index (χ3n) is 6.35. The molecule has 0 saturated carbocycles. The summed E-state index contributed by atoms with van der Waals surface area (Å²) in [6.45, 7) is 0.355. The van der Waals surface area contributed by atoms with Crippen LogP contribution in [0.15, 0.2) is 59.5 Å². The highest BCUT2D eigenvalue weighted by Crippen LogP contribution is 2.29. The molecule has 8 heteroatoms. The molecule has 4 aromatic rings. The zero-order chi connectivity index (χ0) is 22.2. The second-order valence-corrected chi connectivity index (χ2v) is 8.21. The van der Waals surface area contributed by atoms with Crippen LogP contribution in [-0.4, -0.2) is 43.8 Å². The highest BCUT2D eigenvalue weighted by Gasteiger charge is 2.36. The first-order chi connectivity index (χ1) is 15.5. The number of nitrogens with zero attached hydrogens (tertiary/aromatic N) is 2. The van der Waals surface area contributed by atoms with Crippen LogP contribution in [0.2, 0.25) is 0 Å². The van der Waals surface area contributed by atoms with E-state index in [1.54, 1.807) is 11.0 Å². The highest BCUT2D eigenvalue weighted by atomic mass is 16.2.